The van der Waals surface area contributed by atoms with Crippen LogP contribution >= 0.6 is 0 Å². The van der Waals surface area contributed by atoms with Crippen molar-refractivity contribution < 1.29 is 9.59 Å². The molecule has 2 aliphatic rings. The largest absolute Gasteiger partial charge is 0.345 e. The molecule has 0 spiro atoms. The van der Waals surface area contributed by atoms with E-state index in [0.29, 0.717) is 30.9 Å². The van der Waals surface area contributed by atoms with Crippen LogP contribution in [0.4, 0.5) is 5.69 Å². The second kappa shape index (κ2) is 6.81. The molecule has 160 valence electrons. The molecule has 0 saturated carbocycles. The quantitative estimate of drug-likeness (QED) is 0.658. The van der Waals surface area contributed by atoms with Gasteiger partial charge in [0.1, 0.15) is 0 Å². The summed E-state index contributed by atoms with van der Waals surface area (Å²) in [5, 5.41) is 6.07. The Morgan fingerprint density at radius 2 is 1.77 bits per heavy atom. The molecule has 0 radical (unpaired) electrons. The molecule has 1 aromatic heterocycles. The summed E-state index contributed by atoms with van der Waals surface area (Å²) < 4.78 is 3.28. The van der Waals surface area contributed by atoms with Crippen LogP contribution in [0.5, 0.6) is 0 Å². The second-order valence-electron chi connectivity index (χ2n) is 8.85. The monoisotopic (exact) mass is 419 g/mol. The number of para-hydroxylation sites is 1. The topological polar surface area (TPSA) is 88.4 Å². The van der Waals surface area contributed by atoms with Crippen LogP contribution in [0.2, 0.25) is 0 Å². The van der Waals surface area contributed by atoms with Crippen molar-refractivity contribution in [2.45, 2.75) is 19.0 Å². The SMILES string of the molecule is Cn1c(=O)n(C)c2cc(CN3C[C@H]4C(=O)Nc5ccccc5C(=O)N[C@@]4(C)C3)ccc21. The van der Waals surface area contributed by atoms with E-state index in [1.54, 1.807) is 47.5 Å². The van der Waals surface area contributed by atoms with Gasteiger partial charge < -0.3 is 10.6 Å². The fourth-order valence-electron chi connectivity index (χ4n) is 4.96. The van der Waals surface area contributed by atoms with Crippen LogP contribution in [0, 0.1) is 5.92 Å². The number of anilines is 1. The van der Waals surface area contributed by atoms with Crippen molar-refractivity contribution in [3.8, 4) is 0 Å². The maximum atomic E-state index is 13.1. The normalized spacial score (nSPS) is 23.6. The lowest BCUT2D eigenvalue weighted by molar-refractivity contribution is -0.121. The van der Waals surface area contributed by atoms with Crippen molar-refractivity contribution in [1.82, 2.24) is 19.4 Å². The molecule has 5 rings (SSSR count). The van der Waals surface area contributed by atoms with E-state index in [1.165, 1.54) is 0 Å². The van der Waals surface area contributed by atoms with Crippen LogP contribution < -0.4 is 16.3 Å². The first-order valence-electron chi connectivity index (χ1n) is 10.4. The van der Waals surface area contributed by atoms with Crippen LogP contribution in [0.1, 0.15) is 22.8 Å². The number of nitrogens with zero attached hydrogens (tertiary/aromatic N) is 3. The second-order valence-corrected chi connectivity index (χ2v) is 8.85. The number of likely N-dealkylation sites (tertiary alicyclic amines) is 1. The predicted molar refractivity (Wildman–Crippen MR) is 118 cm³/mol. The first-order chi connectivity index (χ1) is 14.8. The number of hydrogen-bond acceptors (Lipinski definition) is 4. The van der Waals surface area contributed by atoms with Crippen LogP contribution in [0.15, 0.2) is 47.3 Å². The molecule has 2 amide bonds. The number of hydrogen-bond donors (Lipinski definition) is 2. The van der Waals surface area contributed by atoms with Gasteiger partial charge in [-0.25, -0.2) is 4.79 Å². The molecule has 8 heteroatoms. The third-order valence-electron chi connectivity index (χ3n) is 6.65. The summed E-state index contributed by atoms with van der Waals surface area (Å²) in [7, 11) is 3.53. The van der Waals surface area contributed by atoms with Gasteiger partial charge in [0.15, 0.2) is 0 Å². The highest BCUT2D eigenvalue weighted by atomic mass is 16.2. The van der Waals surface area contributed by atoms with Crippen molar-refractivity contribution in [1.29, 1.82) is 0 Å². The Morgan fingerprint density at radius 3 is 2.58 bits per heavy atom. The Hall–Kier alpha value is -3.39. The molecule has 31 heavy (non-hydrogen) atoms. The summed E-state index contributed by atoms with van der Waals surface area (Å²) in [5.41, 5.74) is 3.11. The molecule has 2 N–H and O–H groups in total. The predicted octanol–water partition coefficient (Wildman–Crippen LogP) is 1.45. The number of benzene rings is 2. The molecular formula is C23H25N5O3. The average molecular weight is 419 g/mol. The standard InChI is InChI=1S/C23H25N5O3/c1-23-13-28(11-14-8-9-18-19(10-14)27(3)22(31)26(18)2)12-16(23)21(30)24-17-7-5-4-6-15(17)20(29)25-23/h4-10,16H,11-13H2,1-3H3,(H,24,30)(H,25,29)/t16-,23-/m0/s1. The molecule has 0 unspecified atom stereocenters. The summed E-state index contributed by atoms with van der Waals surface area (Å²) in [6, 6.07) is 13.1. The Morgan fingerprint density at radius 1 is 1.03 bits per heavy atom. The summed E-state index contributed by atoms with van der Waals surface area (Å²) in [5.74, 6) is -0.626. The van der Waals surface area contributed by atoms with E-state index in [0.717, 1.165) is 16.6 Å². The van der Waals surface area contributed by atoms with Gasteiger partial charge in [0.05, 0.1) is 33.7 Å². The molecule has 1 saturated heterocycles. The summed E-state index contributed by atoms with van der Waals surface area (Å²) in [6.07, 6.45) is 0. The Labute approximate surface area is 179 Å². The molecule has 0 aliphatic carbocycles. The lowest BCUT2D eigenvalue weighted by Crippen LogP contribution is -2.56. The highest BCUT2D eigenvalue weighted by molar-refractivity contribution is 6.06. The van der Waals surface area contributed by atoms with Crippen molar-refractivity contribution in [3.05, 3.63) is 64.1 Å². The smallest absolute Gasteiger partial charge is 0.328 e. The zero-order chi connectivity index (χ0) is 21.9. The van der Waals surface area contributed by atoms with Gasteiger partial charge >= 0.3 is 5.69 Å². The van der Waals surface area contributed by atoms with Crippen LogP contribution in [0.3, 0.4) is 0 Å². The summed E-state index contributed by atoms with van der Waals surface area (Å²) in [4.78, 5) is 40.3. The van der Waals surface area contributed by atoms with Gasteiger partial charge in [-0.15, -0.1) is 0 Å². The number of rotatable bonds is 2. The van der Waals surface area contributed by atoms with Gasteiger partial charge in [-0.05, 0) is 36.8 Å². The maximum absolute atomic E-state index is 13.1. The van der Waals surface area contributed by atoms with Gasteiger partial charge in [0, 0.05) is 33.7 Å². The fraction of sp³-hybridized carbons (Fsp3) is 0.348. The first kappa shape index (κ1) is 19.6. The Balaban J connectivity index is 1.43. The van der Waals surface area contributed by atoms with Gasteiger partial charge in [-0.2, -0.15) is 0 Å². The van der Waals surface area contributed by atoms with Gasteiger partial charge in [0.25, 0.3) is 5.91 Å². The van der Waals surface area contributed by atoms with Crippen LogP contribution in [-0.2, 0) is 25.4 Å². The van der Waals surface area contributed by atoms with Gasteiger partial charge in [0.2, 0.25) is 5.91 Å². The molecule has 3 aromatic rings. The third-order valence-corrected chi connectivity index (χ3v) is 6.65. The van der Waals surface area contributed by atoms with E-state index in [4.69, 9.17) is 0 Å². The Bertz CT molecular complexity index is 1290. The third kappa shape index (κ3) is 3.06. The molecule has 2 aliphatic heterocycles. The molecule has 1 fully saturated rings. The molecule has 2 atom stereocenters. The number of amides is 2. The highest BCUT2D eigenvalue weighted by Crippen LogP contribution is 2.33. The number of carbonyl (C=O) groups is 2. The average Bonchev–Trinajstić information content (AvgIpc) is 3.16. The number of fused-ring (bicyclic) bond motifs is 3. The van der Waals surface area contributed by atoms with E-state index in [2.05, 4.69) is 15.5 Å². The van der Waals surface area contributed by atoms with Crippen molar-refractivity contribution in [2.75, 3.05) is 18.4 Å². The van der Waals surface area contributed by atoms with E-state index >= 15 is 0 Å². The number of carbonyl (C=O) groups excluding carboxylic acids is 2. The van der Waals surface area contributed by atoms with E-state index < -0.39 is 5.54 Å². The van der Waals surface area contributed by atoms with Gasteiger partial charge in [-0.3, -0.25) is 23.6 Å². The number of aryl methyl sites for hydroxylation is 2. The minimum Gasteiger partial charge on any atom is -0.345 e. The molecule has 0 bridgehead atoms. The number of nitrogens with one attached hydrogen (secondary N) is 2. The van der Waals surface area contributed by atoms with Crippen LogP contribution in [-0.4, -0.2) is 44.5 Å². The van der Waals surface area contributed by atoms with Crippen molar-refractivity contribution >= 4 is 28.5 Å². The van der Waals surface area contributed by atoms with E-state index in [9.17, 15) is 14.4 Å². The van der Waals surface area contributed by atoms with E-state index in [-0.39, 0.29) is 23.4 Å². The van der Waals surface area contributed by atoms with Crippen molar-refractivity contribution in [3.63, 3.8) is 0 Å². The minimum atomic E-state index is -0.668. The van der Waals surface area contributed by atoms with Crippen molar-refractivity contribution in [2.24, 2.45) is 20.0 Å². The first-order valence-corrected chi connectivity index (χ1v) is 10.4. The summed E-state index contributed by atoms with van der Waals surface area (Å²) >= 11 is 0. The molecule has 8 nitrogen and oxygen atoms in total. The number of aromatic nitrogens is 2. The highest BCUT2D eigenvalue weighted by Gasteiger charge is 2.49. The zero-order valence-corrected chi connectivity index (χ0v) is 17.8. The van der Waals surface area contributed by atoms with E-state index in [1.807, 2.05) is 25.1 Å². The molecule has 3 heterocycles. The maximum Gasteiger partial charge on any atom is 0.328 e. The fourth-order valence-corrected chi connectivity index (χ4v) is 4.96. The lowest BCUT2D eigenvalue weighted by Gasteiger charge is -2.33. The Kier molecular flexibility index (Phi) is 4.30. The zero-order valence-electron chi connectivity index (χ0n) is 17.8. The molecular weight excluding hydrogens is 394 g/mol. The minimum absolute atomic E-state index is 0.0571. The summed E-state index contributed by atoms with van der Waals surface area (Å²) in [6.45, 7) is 3.66. The number of imidazole rings is 1. The van der Waals surface area contributed by atoms with Crippen LogP contribution in [0.25, 0.3) is 11.0 Å². The van der Waals surface area contributed by atoms with Gasteiger partial charge in [-0.1, -0.05) is 18.2 Å². The lowest BCUT2D eigenvalue weighted by atomic mass is 9.86. The molecule has 2 aromatic carbocycles.